The van der Waals surface area contributed by atoms with Gasteiger partial charge in [0, 0.05) is 30.1 Å². The summed E-state index contributed by atoms with van der Waals surface area (Å²) in [5.74, 6) is 0.993. The van der Waals surface area contributed by atoms with Gasteiger partial charge in [-0.3, -0.25) is 0 Å². The maximum absolute atomic E-state index is 11.3. The van der Waals surface area contributed by atoms with Crippen LogP contribution < -0.4 is 10.6 Å². The predicted molar refractivity (Wildman–Crippen MR) is 80.1 cm³/mol. The maximum Gasteiger partial charge on any atom is 0.314 e. The van der Waals surface area contributed by atoms with Crippen LogP contribution in [0.15, 0.2) is 28.8 Å². The number of aromatic nitrogens is 2. The molecule has 21 heavy (non-hydrogen) atoms. The Hall–Kier alpha value is -2.08. The number of halogens is 1. The van der Waals surface area contributed by atoms with Gasteiger partial charge in [-0.1, -0.05) is 23.7 Å². The van der Waals surface area contributed by atoms with Crippen molar-refractivity contribution in [1.82, 2.24) is 20.8 Å². The van der Waals surface area contributed by atoms with E-state index in [2.05, 4.69) is 20.8 Å². The zero-order chi connectivity index (χ0) is 15.1. The normalized spacial score (nSPS) is 10.4. The Labute approximate surface area is 127 Å². The van der Waals surface area contributed by atoms with Crippen molar-refractivity contribution in [2.24, 2.45) is 0 Å². The Morgan fingerprint density at radius 3 is 2.67 bits per heavy atom. The molecule has 0 atom stereocenters. The van der Waals surface area contributed by atoms with Gasteiger partial charge in [0.15, 0.2) is 0 Å². The average molecular weight is 309 g/mol. The SMILES string of the molecule is CCCNC(=O)NCCc1nc(-c2ccc(Cl)cc2)no1. The van der Waals surface area contributed by atoms with Crippen molar-refractivity contribution in [3.8, 4) is 11.4 Å². The first-order valence-electron chi connectivity index (χ1n) is 6.79. The molecule has 2 amide bonds. The summed E-state index contributed by atoms with van der Waals surface area (Å²) in [6.45, 7) is 3.10. The van der Waals surface area contributed by atoms with E-state index < -0.39 is 0 Å². The Kier molecular flexibility index (Phi) is 5.57. The number of nitrogens with zero attached hydrogens (tertiary/aromatic N) is 2. The summed E-state index contributed by atoms with van der Waals surface area (Å²) in [5, 5.41) is 10.0. The average Bonchev–Trinajstić information content (AvgIpc) is 2.95. The first-order chi connectivity index (χ1) is 10.2. The number of amides is 2. The molecule has 0 aliphatic rings. The molecule has 0 bridgehead atoms. The van der Waals surface area contributed by atoms with Crippen molar-refractivity contribution in [3.63, 3.8) is 0 Å². The van der Waals surface area contributed by atoms with Gasteiger partial charge in [0.2, 0.25) is 11.7 Å². The molecule has 7 heteroatoms. The molecule has 112 valence electrons. The van der Waals surface area contributed by atoms with E-state index in [9.17, 15) is 4.79 Å². The molecular weight excluding hydrogens is 292 g/mol. The number of rotatable bonds is 6. The second-order valence-electron chi connectivity index (χ2n) is 4.45. The van der Waals surface area contributed by atoms with Crippen LogP contribution in [0.2, 0.25) is 5.02 Å². The predicted octanol–water partition coefficient (Wildman–Crippen LogP) is 2.64. The van der Waals surface area contributed by atoms with Crippen molar-refractivity contribution in [1.29, 1.82) is 0 Å². The highest BCUT2D eigenvalue weighted by molar-refractivity contribution is 6.30. The quantitative estimate of drug-likeness (QED) is 0.859. The van der Waals surface area contributed by atoms with Crippen LogP contribution >= 0.6 is 11.6 Å². The van der Waals surface area contributed by atoms with Gasteiger partial charge in [-0.05, 0) is 30.7 Å². The number of carbonyl (C=O) groups is 1. The van der Waals surface area contributed by atoms with Crippen LogP contribution in [-0.4, -0.2) is 29.3 Å². The summed E-state index contributed by atoms with van der Waals surface area (Å²) in [4.78, 5) is 15.6. The Balaban J connectivity index is 1.83. The van der Waals surface area contributed by atoms with E-state index in [-0.39, 0.29) is 6.03 Å². The molecule has 0 saturated carbocycles. The van der Waals surface area contributed by atoms with Gasteiger partial charge in [0.25, 0.3) is 0 Å². The topological polar surface area (TPSA) is 80.0 Å². The van der Waals surface area contributed by atoms with E-state index in [1.165, 1.54) is 0 Å². The minimum absolute atomic E-state index is 0.186. The lowest BCUT2D eigenvalue weighted by Gasteiger charge is -2.04. The molecule has 1 aromatic heterocycles. The van der Waals surface area contributed by atoms with E-state index in [4.69, 9.17) is 16.1 Å². The lowest BCUT2D eigenvalue weighted by molar-refractivity contribution is 0.240. The lowest BCUT2D eigenvalue weighted by Crippen LogP contribution is -2.36. The highest BCUT2D eigenvalue weighted by Gasteiger charge is 2.08. The van der Waals surface area contributed by atoms with Gasteiger partial charge < -0.3 is 15.2 Å². The monoisotopic (exact) mass is 308 g/mol. The summed E-state index contributed by atoms with van der Waals surface area (Å²) >= 11 is 5.83. The lowest BCUT2D eigenvalue weighted by atomic mass is 10.2. The van der Waals surface area contributed by atoms with Gasteiger partial charge in [-0.25, -0.2) is 4.79 Å². The third kappa shape index (κ3) is 4.75. The standard InChI is InChI=1S/C14H17ClN4O2/c1-2-8-16-14(20)17-9-7-12-18-13(19-21-12)10-3-5-11(15)6-4-10/h3-6H,2,7-9H2,1H3,(H2,16,17,20). The minimum atomic E-state index is -0.186. The maximum atomic E-state index is 11.3. The molecule has 0 aliphatic carbocycles. The molecule has 1 aromatic carbocycles. The van der Waals surface area contributed by atoms with E-state index in [1.54, 1.807) is 12.1 Å². The highest BCUT2D eigenvalue weighted by Crippen LogP contribution is 2.18. The van der Waals surface area contributed by atoms with Crippen LogP contribution in [0.1, 0.15) is 19.2 Å². The zero-order valence-corrected chi connectivity index (χ0v) is 12.5. The van der Waals surface area contributed by atoms with Crippen LogP contribution in [0.3, 0.4) is 0 Å². The minimum Gasteiger partial charge on any atom is -0.339 e. The number of hydrogen-bond acceptors (Lipinski definition) is 4. The molecule has 6 nitrogen and oxygen atoms in total. The molecule has 1 heterocycles. The molecule has 0 aliphatic heterocycles. The van der Waals surface area contributed by atoms with Crippen molar-refractivity contribution < 1.29 is 9.32 Å². The fourth-order valence-electron chi connectivity index (χ4n) is 1.66. The van der Waals surface area contributed by atoms with Gasteiger partial charge in [-0.15, -0.1) is 0 Å². The zero-order valence-electron chi connectivity index (χ0n) is 11.7. The van der Waals surface area contributed by atoms with E-state index in [0.29, 0.717) is 36.2 Å². The summed E-state index contributed by atoms with van der Waals surface area (Å²) in [6.07, 6.45) is 1.39. The van der Waals surface area contributed by atoms with Crippen molar-refractivity contribution in [2.75, 3.05) is 13.1 Å². The Morgan fingerprint density at radius 1 is 1.24 bits per heavy atom. The molecule has 0 radical (unpaired) electrons. The molecule has 0 spiro atoms. The third-order valence-corrected chi connectivity index (χ3v) is 2.98. The number of carbonyl (C=O) groups excluding carboxylic acids is 1. The summed E-state index contributed by atoms with van der Waals surface area (Å²) in [5.41, 5.74) is 0.836. The fourth-order valence-corrected chi connectivity index (χ4v) is 1.78. The molecule has 0 saturated heterocycles. The first kappa shape index (κ1) is 15.3. The molecular formula is C14H17ClN4O2. The smallest absolute Gasteiger partial charge is 0.314 e. The first-order valence-corrected chi connectivity index (χ1v) is 7.17. The second-order valence-corrected chi connectivity index (χ2v) is 4.89. The Morgan fingerprint density at radius 2 is 1.95 bits per heavy atom. The molecule has 2 rings (SSSR count). The summed E-state index contributed by atoms with van der Waals surface area (Å²) < 4.78 is 5.15. The van der Waals surface area contributed by atoms with Crippen LogP contribution in [0.4, 0.5) is 4.79 Å². The highest BCUT2D eigenvalue weighted by atomic mass is 35.5. The number of urea groups is 1. The second kappa shape index (κ2) is 7.64. The van der Waals surface area contributed by atoms with Gasteiger partial charge in [0.05, 0.1) is 0 Å². The molecule has 0 fully saturated rings. The van der Waals surface area contributed by atoms with Crippen LogP contribution in [0, 0.1) is 0 Å². The van der Waals surface area contributed by atoms with Gasteiger partial charge in [0.1, 0.15) is 0 Å². The van der Waals surface area contributed by atoms with Gasteiger partial charge >= 0.3 is 6.03 Å². The fraction of sp³-hybridized carbons (Fsp3) is 0.357. The van der Waals surface area contributed by atoms with Crippen molar-refractivity contribution >= 4 is 17.6 Å². The van der Waals surface area contributed by atoms with Gasteiger partial charge in [-0.2, -0.15) is 4.98 Å². The van der Waals surface area contributed by atoms with Crippen molar-refractivity contribution in [3.05, 3.63) is 35.2 Å². The number of hydrogen-bond donors (Lipinski definition) is 2. The van der Waals surface area contributed by atoms with E-state index >= 15 is 0 Å². The molecule has 2 aromatic rings. The van der Waals surface area contributed by atoms with E-state index in [1.807, 2.05) is 19.1 Å². The van der Waals surface area contributed by atoms with E-state index in [0.717, 1.165) is 12.0 Å². The van der Waals surface area contributed by atoms with Crippen LogP contribution in [0.5, 0.6) is 0 Å². The number of benzene rings is 1. The molecule has 0 unspecified atom stereocenters. The molecule has 2 N–H and O–H groups in total. The number of nitrogens with one attached hydrogen (secondary N) is 2. The largest absolute Gasteiger partial charge is 0.339 e. The summed E-state index contributed by atoms with van der Waals surface area (Å²) in [7, 11) is 0. The third-order valence-electron chi connectivity index (χ3n) is 2.73. The Bertz CT molecular complexity index is 583. The van der Waals surface area contributed by atoms with Crippen LogP contribution in [0.25, 0.3) is 11.4 Å². The summed E-state index contributed by atoms with van der Waals surface area (Å²) in [6, 6.07) is 7.01. The van der Waals surface area contributed by atoms with Crippen LogP contribution in [-0.2, 0) is 6.42 Å². The van der Waals surface area contributed by atoms with Crippen molar-refractivity contribution in [2.45, 2.75) is 19.8 Å².